The number of aromatic nitrogens is 2. The number of nitrogens with zero attached hydrogens (tertiary/aromatic N) is 2. The second kappa shape index (κ2) is 3.99. The van der Waals surface area contributed by atoms with Crippen LogP contribution in [0.3, 0.4) is 0 Å². The number of hydrogen-bond donors (Lipinski definition) is 3. The molecule has 2 heterocycles. The zero-order chi connectivity index (χ0) is 11.8. The number of imidazole rings is 1. The molecule has 2 aromatic heterocycles. The zero-order valence-electron chi connectivity index (χ0n) is 8.26. The van der Waals surface area contributed by atoms with Crippen LogP contribution in [0.2, 0.25) is 0 Å². The topological polar surface area (TPSA) is 95.1 Å². The van der Waals surface area contributed by atoms with Gasteiger partial charge in [0.15, 0.2) is 5.85 Å². The summed E-state index contributed by atoms with van der Waals surface area (Å²) >= 11 is 0. The Kier molecular flexibility index (Phi) is 2.82. The first kappa shape index (κ1) is 11.3. The first-order valence-electron chi connectivity index (χ1n) is 4.63. The van der Waals surface area contributed by atoms with Gasteiger partial charge in [-0.15, -0.1) is 0 Å². The second-order valence-corrected chi connectivity index (χ2v) is 5.23. The monoisotopic (exact) mass is 242 g/mol. The molecule has 0 saturated heterocycles. The van der Waals surface area contributed by atoms with E-state index in [4.69, 9.17) is 9.79 Å². The van der Waals surface area contributed by atoms with Crippen molar-refractivity contribution >= 4 is 13.2 Å². The lowest BCUT2D eigenvalue weighted by atomic mass is 10.3. The summed E-state index contributed by atoms with van der Waals surface area (Å²) in [5.41, 5.74) is 1.24. The van der Waals surface area contributed by atoms with Crippen LogP contribution in [-0.2, 0) is 11.0 Å². The Morgan fingerprint density at radius 1 is 1.44 bits per heavy atom. The molecule has 0 saturated carbocycles. The van der Waals surface area contributed by atoms with Crippen molar-refractivity contribution in [3.63, 3.8) is 0 Å². The lowest BCUT2D eigenvalue weighted by molar-refractivity contribution is 0.201. The van der Waals surface area contributed by atoms with Crippen molar-refractivity contribution in [2.24, 2.45) is 0 Å². The predicted octanol–water partition coefficient (Wildman–Crippen LogP) is 0.373. The number of hydrogen-bond acceptors (Lipinski definition) is 3. The SMILES string of the molecule is O=P(O)(O)C(O)Cc1cnc2ccccn12. The first-order valence-corrected chi connectivity index (χ1v) is 6.31. The molecule has 0 aliphatic rings. The van der Waals surface area contributed by atoms with E-state index >= 15 is 0 Å². The lowest BCUT2D eigenvalue weighted by Crippen LogP contribution is -2.12. The van der Waals surface area contributed by atoms with Crippen LogP contribution >= 0.6 is 7.60 Å². The summed E-state index contributed by atoms with van der Waals surface area (Å²) in [4.78, 5) is 21.6. The Bertz CT molecular complexity index is 547. The number of aliphatic hydroxyl groups excluding tert-OH is 1. The molecule has 7 heteroatoms. The fourth-order valence-corrected chi connectivity index (χ4v) is 1.87. The van der Waals surface area contributed by atoms with Crippen molar-refractivity contribution in [2.45, 2.75) is 12.3 Å². The molecule has 0 radical (unpaired) electrons. The molecule has 2 aromatic rings. The number of rotatable bonds is 3. The van der Waals surface area contributed by atoms with Gasteiger partial charge < -0.3 is 19.3 Å². The maximum atomic E-state index is 10.8. The highest BCUT2D eigenvalue weighted by Crippen LogP contribution is 2.40. The third-order valence-corrected chi connectivity index (χ3v) is 3.23. The molecule has 3 N–H and O–H groups in total. The molecule has 0 amide bonds. The molecule has 0 fully saturated rings. The number of pyridine rings is 1. The van der Waals surface area contributed by atoms with E-state index in [1.54, 1.807) is 22.7 Å². The smallest absolute Gasteiger partial charge is 0.354 e. The molecule has 16 heavy (non-hydrogen) atoms. The van der Waals surface area contributed by atoms with Crippen LogP contribution in [0.1, 0.15) is 5.69 Å². The Balaban J connectivity index is 2.32. The molecular formula is C9H11N2O4P. The molecule has 2 rings (SSSR count). The van der Waals surface area contributed by atoms with Crippen LogP contribution in [0, 0.1) is 0 Å². The van der Waals surface area contributed by atoms with E-state index in [0.717, 1.165) is 0 Å². The average molecular weight is 242 g/mol. The van der Waals surface area contributed by atoms with E-state index in [2.05, 4.69) is 4.98 Å². The Labute approximate surface area is 91.3 Å². The quantitative estimate of drug-likeness (QED) is 0.676. The van der Waals surface area contributed by atoms with Gasteiger partial charge in [-0.3, -0.25) is 4.57 Å². The maximum absolute atomic E-state index is 10.8. The number of fused-ring (bicyclic) bond motifs is 1. The minimum absolute atomic E-state index is 0.130. The van der Waals surface area contributed by atoms with Crippen molar-refractivity contribution in [3.8, 4) is 0 Å². The third kappa shape index (κ3) is 2.15. The third-order valence-electron chi connectivity index (χ3n) is 2.27. The highest BCUT2D eigenvalue weighted by Gasteiger charge is 2.27. The van der Waals surface area contributed by atoms with Crippen molar-refractivity contribution < 1.29 is 19.5 Å². The zero-order valence-corrected chi connectivity index (χ0v) is 9.16. The summed E-state index contributed by atoms with van der Waals surface area (Å²) in [6.07, 6.45) is 3.09. The molecule has 0 aliphatic heterocycles. The minimum Gasteiger partial charge on any atom is -0.380 e. The molecule has 1 unspecified atom stereocenters. The van der Waals surface area contributed by atoms with Gasteiger partial charge in [0.2, 0.25) is 0 Å². The van der Waals surface area contributed by atoms with Gasteiger partial charge in [0.1, 0.15) is 5.65 Å². The van der Waals surface area contributed by atoms with Gasteiger partial charge in [-0.25, -0.2) is 4.98 Å². The Morgan fingerprint density at radius 2 is 2.19 bits per heavy atom. The van der Waals surface area contributed by atoms with Crippen LogP contribution in [0.25, 0.3) is 5.65 Å². The normalized spacial score (nSPS) is 14.2. The first-order chi connectivity index (χ1) is 7.48. The summed E-state index contributed by atoms with van der Waals surface area (Å²) in [6, 6.07) is 5.36. The van der Waals surface area contributed by atoms with Gasteiger partial charge in [-0.05, 0) is 12.1 Å². The van der Waals surface area contributed by atoms with Gasteiger partial charge in [-0.2, -0.15) is 0 Å². The van der Waals surface area contributed by atoms with Crippen molar-refractivity contribution in [1.82, 2.24) is 9.38 Å². The molecule has 6 nitrogen and oxygen atoms in total. The molecule has 0 aliphatic carbocycles. The van der Waals surface area contributed by atoms with E-state index in [9.17, 15) is 9.67 Å². The van der Waals surface area contributed by atoms with E-state index in [-0.39, 0.29) is 6.42 Å². The van der Waals surface area contributed by atoms with E-state index in [0.29, 0.717) is 11.3 Å². The molecule has 0 bridgehead atoms. The predicted molar refractivity (Wildman–Crippen MR) is 56.9 cm³/mol. The summed E-state index contributed by atoms with van der Waals surface area (Å²) in [6.45, 7) is 0. The van der Waals surface area contributed by atoms with Crippen molar-refractivity contribution in [1.29, 1.82) is 0 Å². The molecular weight excluding hydrogens is 231 g/mol. The van der Waals surface area contributed by atoms with Crippen LogP contribution in [0.4, 0.5) is 0 Å². The summed E-state index contributed by atoms with van der Waals surface area (Å²) in [7, 11) is -4.46. The van der Waals surface area contributed by atoms with Crippen molar-refractivity contribution in [2.75, 3.05) is 0 Å². The van der Waals surface area contributed by atoms with Crippen molar-refractivity contribution in [3.05, 3.63) is 36.3 Å². The van der Waals surface area contributed by atoms with Crippen LogP contribution in [0.5, 0.6) is 0 Å². The molecule has 0 spiro atoms. The van der Waals surface area contributed by atoms with E-state index < -0.39 is 13.4 Å². The van der Waals surface area contributed by atoms with Crippen LogP contribution < -0.4 is 0 Å². The van der Waals surface area contributed by atoms with Gasteiger partial charge >= 0.3 is 7.60 Å². The Hall–Kier alpha value is -1.20. The fourth-order valence-electron chi connectivity index (χ4n) is 1.44. The van der Waals surface area contributed by atoms with Gasteiger partial charge in [-0.1, -0.05) is 6.07 Å². The largest absolute Gasteiger partial charge is 0.380 e. The minimum atomic E-state index is -4.46. The van der Waals surface area contributed by atoms with Gasteiger partial charge in [0, 0.05) is 24.5 Å². The van der Waals surface area contributed by atoms with Gasteiger partial charge in [0.05, 0.1) is 0 Å². The van der Waals surface area contributed by atoms with E-state index in [1.807, 2.05) is 6.07 Å². The summed E-state index contributed by atoms with van der Waals surface area (Å²) in [5.74, 6) is -1.69. The van der Waals surface area contributed by atoms with Crippen LogP contribution in [-0.4, -0.2) is 30.1 Å². The standard InChI is InChI=1S/C9H11N2O4P/c12-9(16(13,14)15)5-7-6-10-8-3-1-2-4-11(7)8/h1-4,6,9,12H,5H2,(H2,13,14,15). The highest BCUT2D eigenvalue weighted by atomic mass is 31.2. The molecule has 1 atom stereocenters. The molecule has 86 valence electrons. The highest BCUT2D eigenvalue weighted by molar-refractivity contribution is 7.52. The summed E-state index contributed by atoms with van der Waals surface area (Å²) in [5, 5.41) is 9.31. The number of aliphatic hydroxyl groups is 1. The fraction of sp³-hybridized carbons (Fsp3) is 0.222. The van der Waals surface area contributed by atoms with E-state index in [1.165, 1.54) is 6.20 Å². The average Bonchev–Trinajstić information content (AvgIpc) is 2.61. The molecule has 0 aromatic carbocycles. The van der Waals surface area contributed by atoms with Gasteiger partial charge in [0.25, 0.3) is 0 Å². The maximum Gasteiger partial charge on any atom is 0.354 e. The van der Waals surface area contributed by atoms with Crippen LogP contribution in [0.15, 0.2) is 30.6 Å². The summed E-state index contributed by atoms with van der Waals surface area (Å²) < 4.78 is 12.5. The second-order valence-electron chi connectivity index (χ2n) is 3.45. The Morgan fingerprint density at radius 3 is 2.88 bits per heavy atom. The lowest BCUT2D eigenvalue weighted by Gasteiger charge is -2.11.